The lowest BCUT2D eigenvalue weighted by atomic mass is 9.72. The Hall–Kier alpha value is -10.2. The molecule has 97 heavy (non-hydrogen) atoms. The maximum atomic E-state index is 7.20. The molecule has 0 bridgehead atoms. The highest BCUT2D eigenvalue weighted by Crippen LogP contribution is 2.66. The quantitative estimate of drug-likeness (QED) is 0.161. The first-order valence-electron chi connectivity index (χ1n) is 35.0. The topological polar surface area (TPSA) is 39.4 Å². The van der Waals surface area contributed by atoms with E-state index >= 15 is 0 Å². The van der Waals surface area contributed by atoms with E-state index in [4.69, 9.17) is 13.3 Å². The van der Waals surface area contributed by atoms with Crippen LogP contribution in [0.2, 0.25) is 0 Å². The molecule has 3 heteroatoms. The predicted molar refractivity (Wildman–Crippen MR) is 405 cm³/mol. The number of fused-ring (bicyclic) bond motifs is 31. The van der Waals surface area contributed by atoms with E-state index < -0.39 is 0 Å². The Morgan fingerprint density at radius 3 is 1.33 bits per heavy atom. The van der Waals surface area contributed by atoms with Crippen molar-refractivity contribution in [1.82, 2.24) is 0 Å². The molecule has 3 aromatic heterocycles. The van der Waals surface area contributed by atoms with Crippen LogP contribution in [0.1, 0.15) is 168 Å². The first-order chi connectivity index (χ1) is 46.5. The van der Waals surface area contributed by atoms with E-state index in [0.29, 0.717) is 0 Å². The minimum atomic E-state index is -0.374. The minimum Gasteiger partial charge on any atom is -0.455 e. The highest BCUT2D eigenvalue weighted by atomic mass is 16.3. The molecule has 0 fully saturated rings. The highest BCUT2D eigenvalue weighted by Gasteiger charge is 2.51. The number of hydrogen-bond acceptors (Lipinski definition) is 3. The van der Waals surface area contributed by atoms with Gasteiger partial charge in [0.05, 0.1) is 0 Å². The first kappa shape index (κ1) is 57.1. The molecule has 0 atom stereocenters. The van der Waals surface area contributed by atoms with Gasteiger partial charge in [-0.3, -0.25) is 0 Å². The Balaban J connectivity index is 0.785. The first-order valence-corrected chi connectivity index (χ1v) is 35.0. The number of allylic oxidation sites excluding steroid dienone is 1. The van der Waals surface area contributed by atoms with Crippen molar-refractivity contribution in [2.45, 2.75) is 129 Å². The second-order valence-electron chi connectivity index (χ2n) is 32.6. The normalized spacial score (nSPS) is 16.6. The van der Waals surface area contributed by atoms with Crippen LogP contribution >= 0.6 is 0 Å². The van der Waals surface area contributed by atoms with Crippen LogP contribution in [-0.2, 0) is 38.9 Å². The van der Waals surface area contributed by atoms with Crippen LogP contribution < -0.4 is 0 Å². The molecule has 0 saturated carbocycles. The summed E-state index contributed by atoms with van der Waals surface area (Å²) in [5, 5.41) is 7.15. The zero-order valence-corrected chi connectivity index (χ0v) is 57.6. The fourth-order valence-corrected chi connectivity index (χ4v) is 19.6. The lowest BCUT2D eigenvalue weighted by Gasteiger charge is -2.31. The Morgan fingerprint density at radius 2 is 0.763 bits per heavy atom. The third-order valence-electron chi connectivity index (χ3n) is 24.3. The Morgan fingerprint density at radius 1 is 0.340 bits per heavy atom. The van der Waals surface area contributed by atoms with Gasteiger partial charge in [0.2, 0.25) is 0 Å². The van der Waals surface area contributed by atoms with Crippen molar-refractivity contribution in [1.29, 1.82) is 0 Å². The summed E-state index contributed by atoms with van der Waals surface area (Å²) in [5.74, 6) is 0. The third kappa shape index (κ3) is 7.27. The molecule has 3 nitrogen and oxygen atoms in total. The number of hydrogen-bond donors (Lipinski definition) is 0. The molecule has 12 aromatic carbocycles. The van der Waals surface area contributed by atoms with E-state index in [1.54, 1.807) is 0 Å². The zero-order chi connectivity index (χ0) is 66.1. The zero-order valence-electron chi connectivity index (χ0n) is 57.6. The Bertz CT molecular complexity index is 6140. The Labute approximate surface area is 567 Å². The van der Waals surface area contributed by atoms with Gasteiger partial charge in [-0.2, -0.15) is 0 Å². The van der Waals surface area contributed by atoms with Crippen LogP contribution in [0, 0.1) is 0 Å². The van der Waals surface area contributed by atoms with E-state index in [2.05, 4.69) is 302 Å². The maximum absolute atomic E-state index is 7.20. The number of rotatable bonds is 5. The lowest BCUT2D eigenvalue weighted by Crippen LogP contribution is -2.24. The standard InChI is InChI=1S/C94H76O3/c1-89(2,3)55-39-36-52(37-40-55)64-49-70-74(77-61-26-16-21-31-71(61)95-86(64)77)58-41-34-50(46-67(58)90(70,4)5)44-54(53-38-43-60-69(48-53)94(12,13)85-81(60)88-78(62-27-17-22-32-72(62)97-88)75-56-24-14-19-29-65(56)91(6,7)82(75)85)45-51-35-42-59-68(47-51)93(10,11)83-76(59)79-63-28-18-23-33-73(63)96-87(79)80-57-25-15-20-30-66(57)92(8,9)84(80)83/h14-43,45-49H,44H2,1-13H3/b54-45-. The maximum Gasteiger partial charge on any atom is 0.144 e. The van der Waals surface area contributed by atoms with E-state index in [9.17, 15) is 0 Å². The average Bonchev–Trinajstić information content (AvgIpc) is 1.52. The fraction of sp³-hybridized carbons (Fsp3) is 0.213. The van der Waals surface area contributed by atoms with Gasteiger partial charge in [-0.15, -0.1) is 0 Å². The van der Waals surface area contributed by atoms with Crippen molar-refractivity contribution < 1.29 is 13.3 Å². The van der Waals surface area contributed by atoms with Crippen LogP contribution in [0.25, 0.3) is 144 Å². The molecule has 0 N–H and O–H groups in total. The summed E-state index contributed by atoms with van der Waals surface area (Å²) in [6, 6.07) is 78.0. The van der Waals surface area contributed by atoms with Crippen LogP contribution in [-0.4, -0.2) is 0 Å². The van der Waals surface area contributed by atoms with Gasteiger partial charge in [0.15, 0.2) is 0 Å². The predicted octanol–water partition coefficient (Wildman–Crippen LogP) is 25.7. The molecule has 0 aliphatic heterocycles. The molecular weight excluding hydrogens is 1180 g/mol. The molecule has 5 aliphatic rings. The van der Waals surface area contributed by atoms with Gasteiger partial charge in [0, 0.05) is 76.1 Å². The third-order valence-corrected chi connectivity index (χ3v) is 24.3. The molecule has 3 heterocycles. The number of furan rings is 3. The van der Waals surface area contributed by atoms with Gasteiger partial charge < -0.3 is 13.3 Å². The number of para-hydroxylation sites is 3. The van der Waals surface area contributed by atoms with Crippen molar-refractivity contribution in [3.8, 4) is 66.8 Å². The van der Waals surface area contributed by atoms with Crippen LogP contribution in [0.4, 0.5) is 0 Å². The molecule has 0 amide bonds. The monoisotopic (exact) mass is 1250 g/mol. The minimum absolute atomic E-state index is 0.0415. The molecule has 0 radical (unpaired) electrons. The fourth-order valence-electron chi connectivity index (χ4n) is 19.6. The Kier molecular flexibility index (Phi) is 11.0. The second-order valence-corrected chi connectivity index (χ2v) is 32.6. The molecule has 15 aromatic rings. The molecule has 470 valence electrons. The van der Waals surface area contributed by atoms with E-state index in [-0.39, 0.29) is 32.5 Å². The summed E-state index contributed by atoms with van der Waals surface area (Å²) >= 11 is 0. The molecule has 5 aliphatic carbocycles. The molecule has 0 saturated heterocycles. The van der Waals surface area contributed by atoms with Gasteiger partial charge in [0.25, 0.3) is 0 Å². The largest absolute Gasteiger partial charge is 0.455 e. The summed E-state index contributed by atoms with van der Waals surface area (Å²) < 4.78 is 21.3. The van der Waals surface area contributed by atoms with Gasteiger partial charge in [-0.1, -0.05) is 272 Å². The van der Waals surface area contributed by atoms with Gasteiger partial charge in [0.1, 0.15) is 33.5 Å². The van der Waals surface area contributed by atoms with E-state index in [0.717, 1.165) is 50.9 Å². The highest BCUT2D eigenvalue weighted by molar-refractivity contribution is 6.23. The van der Waals surface area contributed by atoms with Crippen molar-refractivity contribution in [2.24, 2.45) is 0 Å². The SMILES string of the molecule is CC(C)(C)c1ccc(-c2cc3c(c4c2oc2ccccc24)-c2ccc(C/C(=C/c4ccc5c(c4)C(C)(C)c4c6c(c7oc8ccccc8c7c4-5)-c4ccccc4C6(C)C)c4ccc5c(c4)C(C)(C)c4c6c(c7c(oc8ccccc87)c4-5)-c4ccccc4C6(C)C)cc2C3(C)C)cc1. The summed E-state index contributed by atoms with van der Waals surface area (Å²) in [4.78, 5) is 0. The lowest BCUT2D eigenvalue weighted by molar-refractivity contribution is 0.590. The van der Waals surface area contributed by atoms with Crippen molar-refractivity contribution in [3.05, 3.63) is 284 Å². The van der Waals surface area contributed by atoms with Crippen LogP contribution in [0.3, 0.4) is 0 Å². The molecular formula is C94H76O3. The summed E-state index contributed by atoms with van der Waals surface area (Å²) in [6.45, 7) is 31.4. The molecule has 0 unspecified atom stereocenters. The summed E-state index contributed by atoms with van der Waals surface area (Å²) in [6.07, 6.45) is 3.25. The summed E-state index contributed by atoms with van der Waals surface area (Å²) in [7, 11) is 0. The number of benzene rings is 12. The van der Waals surface area contributed by atoms with Crippen LogP contribution in [0.5, 0.6) is 0 Å². The van der Waals surface area contributed by atoms with Crippen molar-refractivity contribution >= 4 is 77.5 Å². The van der Waals surface area contributed by atoms with E-state index in [1.807, 2.05) is 0 Å². The molecule has 20 rings (SSSR count). The smallest absolute Gasteiger partial charge is 0.144 e. The van der Waals surface area contributed by atoms with Gasteiger partial charge in [-0.25, -0.2) is 0 Å². The van der Waals surface area contributed by atoms with Gasteiger partial charge in [-0.05, 0) is 176 Å². The van der Waals surface area contributed by atoms with Crippen molar-refractivity contribution in [3.63, 3.8) is 0 Å². The van der Waals surface area contributed by atoms with Gasteiger partial charge >= 0.3 is 0 Å². The second kappa shape index (κ2) is 18.7. The van der Waals surface area contributed by atoms with Crippen molar-refractivity contribution in [2.75, 3.05) is 0 Å². The van der Waals surface area contributed by atoms with E-state index in [1.165, 1.54) is 172 Å². The molecule has 0 spiro atoms. The van der Waals surface area contributed by atoms with Crippen LogP contribution in [0.15, 0.2) is 220 Å². The summed E-state index contributed by atoms with van der Waals surface area (Å²) in [5.41, 5.74) is 39.4. The average molecular weight is 1250 g/mol.